The van der Waals surface area contributed by atoms with Gasteiger partial charge in [0.2, 0.25) is 0 Å². The second-order valence-corrected chi connectivity index (χ2v) is 6.37. The van der Waals surface area contributed by atoms with Crippen LogP contribution in [0, 0.1) is 6.92 Å². The largest absolute Gasteiger partial charge is 0.336 e. The molecule has 1 aromatic carbocycles. The molecular weight excluding hydrogens is 326 g/mol. The number of carbonyl (C=O) groups is 1. The highest BCUT2D eigenvalue weighted by atomic mass is 79.9. The Balaban J connectivity index is 2.13. The Morgan fingerprint density at radius 2 is 2.26 bits per heavy atom. The Labute approximate surface area is 128 Å². The number of halogens is 2. The summed E-state index contributed by atoms with van der Waals surface area (Å²) in [6.45, 7) is 2.84. The second kappa shape index (κ2) is 6.76. The van der Waals surface area contributed by atoms with Gasteiger partial charge in [-0.2, -0.15) is 0 Å². The van der Waals surface area contributed by atoms with Crippen LogP contribution in [0.5, 0.6) is 0 Å². The number of amides is 1. The summed E-state index contributed by atoms with van der Waals surface area (Å²) in [5, 5.41) is 1.64. The van der Waals surface area contributed by atoms with Crippen molar-refractivity contribution in [2.24, 2.45) is 0 Å². The lowest BCUT2D eigenvalue weighted by Crippen LogP contribution is -2.35. The maximum absolute atomic E-state index is 12.6. The van der Waals surface area contributed by atoms with E-state index in [1.54, 1.807) is 6.07 Å². The lowest BCUT2D eigenvalue weighted by atomic mass is 10.1. The van der Waals surface area contributed by atoms with E-state index in [1.165, 1.54) is 0 Å². The molecule has 0 aromatic heterocycles. The summed E-state index contributed by atoms with van der Waals surface area (Å²) in [7, 11) is 0. The van der Waals surface area contributed by atoms with Gasteiger partial charge in [0, 0.05) is 28.5 Å². The average molecular weight is 345 g/mol. The molecule has 1 saturated heterocycles. The third kappa shape index (κ3) is 3.73. The van der Waals surface area contributed by atoms with E-state index in [9.17, 15) is 4.79 Å². The molecule has 1 aromatic rings. The molecule has 0 spiro atoms. The molecule has 0 N–H and O–H groups in total. The third-order valence-corrected chi connectivity index (χ3v) is 4.38. The highest BCUT2D eigenvalue weighted by Gasteiger charge is 2.28. The minimum atomic E-state index is 0.127. The topological polar surface area (TPSA) is 20.3 Å². The van der Waals surface area contributed by atoms with Crippen LogP contribution in [0.4, 0.5) is 0 Å². The van der Waals surface area contributed by atoms with E-state index in [0.29, 0.717) is 11.1 Å². The number of hydrogen-bond acceptors (Lipinski definition) is 1. The molecule has 104 valence electrons. The van der Waals surface area contributed by atoms with Crippen LogP contribution in [0.3, 0.4) is 0 Å². The number of alkyl halides is 1. The van der Waals surface area contributed by atoms with Gasteiger partial charge in [-0.1, -0.05) is 27.5 Å². The van der Waals surface area contributed by atoms with Crippen molar-refractivity contribution in [3.05, 3.63) is 34.3 Å². The number of likely N-dealkylation sites (tertiary alicyclic amines) is 1. The Bertz CT molecular complexity index is 443. The van der Waals surface area contributed by atoms with Gasteiger partial charge in [0.05, 0.1) is 0 Å². The molecule has 0 aliphatic carbocycles. The summed E-state index contributed by atoms with van der Waals surface area (Å²) >= 11 is 9.50. The normalized spacial score (nSPS) is 18.9. The smallest absolute Gasteiger partial charge is 0.254 e. The van der Waals surface area contributed by atoms with Gasteiger partial charge in [-0.05, 0) is 56.4 Å². The van der Waals surface area contributed by atoms with Crippen LogP contribution in [0.25, 0.3) is 0 Å². The molecule has 1 unspecified atom stereocenters. The Morgan fingerprint density at radius 3 is 2.95 bits per heavy atom. The van der Waals surface area contributed by atoms with Gasteiger partial charge in [-0.25, -0.2) is 0 Å². The summed E-state index contributed by atoms with van der Waals surface area (Å²) < 4.78 is 0. The first-order valence-electron chi connectivity index (χ1n) is 6.76. The van der Waals surface area contributed by atoms with Crippen LogP contribution >= 0.6 is 27.5 Å². The van der Waals surface area contributed by atoms with Crippen LogP contribution in [-0.2, 0) is 0 Å². The predicted molar refractivity (Wildman–Crippen MR) is 83.3 cm³/mol. The van der Waals surface area contributed by atoms with E-state index in [-0.39, 0.29) is 5.91 Å². The Hall–Kier alpha value is -0.540. The Morgan fingerprint density at radius 1 is 1.47 bits per heavy atom. The number of hydrogen-bond donors (Lipinski definition) is 0. The van der Waals surface area contributed by atoms with Gasteiger partial charge in [0.1, 0.15) is 0 Å². The first kappa shape index (κ1) is 14.9. The molecule has 1 aliphatic heterocycles. The quantitative estimate of drug-likeness (QED) is 0.740. The first-order valence-corrected chi connectivity index (χ1v) is 8.26. The van der Waals surface area contributed by atoms with Crippen molar-refractivity contribution in [2.45, 2.75) is 38.6 Å². The van der Waals surface area contributed by atoms with Crippen molar-refractivity contribution in [1.82, 2.24) is 4.90 Å². The van der Waals surface area contributed by atoms with Crippen LogP contribution in [0.15, 0.2) is 18.2 Å². The molecule has 1 amide bonds. The lowest BCUT2D eigenvalue weighted by Gasteiger charge is -2.25. The standard InChI is InChI=1S/C15H19BrClNO/c1-11-8-12(10-13(17)9-11)15(19)18-7-3-5-14(18)4-2-6-16/h8-10,14H,2-7H2,1H3. The number of rotatable bonds is 4. The maximum atomic E-state index is 12.6. The van der Waals surface area contributed by atoms with Gasteiger partial charge in [0.25, 0.3) is 5.91 Å². The van der Waals surface area contributed by atoms with Crippen LogP contribution < -0.4 is 0 Å². The van der Waals surface area contributed by atoms with Gasteiger partial charge in [-0.15, -0.1) is 0 Å². The number of carbonyl (C=O) groups excluding carboxylic acids is 1. The maximum Gasteiger partial charge on any atom is 0.254 e. The molecule has 1 fully saturated rings. The summed E-state index contributed by atoms with van der Waals surface area (Å²) in [5.41, 5.74) is 1.75. The molecular formula is C15H19BrClNO. The van der Waals surface area contributed by atoms with Gasteiger partial charge < -0.3 is 4.90 Å². The zero-order valence-corrected chi connectivity index (χ0v) is 13.5. The van der Waals surface area contributed by atoms with Crippen molar-refractivity contribution in [3.8, 4) is 0 Å². The number of benzene rings is 1. The minimum Gasteiger partial charge on any atom is -0.336 e. The van der Waals surface area contributed by atoms with Gasteiger partial charge in [0.15, 0.2) is 0 Å². The zero-order chi connectivity index (χ0) is 13.8. The fourth-order valence-corrected chi connectivity index (χ4v) is 3.36. The third-order valence-electron chi connectivity index (χ3n) is 3.60. The highest BCUT2D eigenvalue weighted by Crippen LogP contribution is 2.25. The van der Waals surface area contributed by atoms with E-state index in [0.717, 1.165) is 48.7 Å². The highest BCUT2D eigenvalue weighted by molar-refractivity contribution is 9.09. The molecule has 2 nitrogen and oxygen atoms in total. The Kier molecular flexibility index (Phi) is 5.28. The molecule has 19 heavy (non-hydrogen) atoms. The van der Waals surface area contributed by atoms with Gasteiger partial charge in [-0.3, -0.25) is 4.79 Å². The first-order chi connectivity index (χ1) is 9.11. The van der Waals surface area contributed by atoms with Crippen molar-refractivity contribution < 1.29 is 4.79 Å². The van der Waals surface area contributed by atoms with E-state index in [4.69, 9.17) is 11.6 Å². The molecule has 2 rings (SSSR count). The van der Waals surface area contributed by atoms with Crippen molar-refractivity contribution in [1.29, 1.82) is 0 Å². The van der Waals surface area contributed by atoms with E-state index < -0.39 is 0 Å². The fourth-order valence-electron chi connectivity index (χ4n) is 2.74. The summed E-state index contributed by atoms with van der Waals surface area (Å²) in [6.07, 6.45) is 4.43. The summed E-state index contributed by atoms with van der Waals surface area (Å²) in [6, 6.07) is 5.97. The van der Waals surface area contributed by atoms with E-state index >= 15 is 0 Å². The van der Waals surface area contributed by atoms with E-state index in [2.05, 4.69) is 15.9 Å². The van der Waals surface area contributed by atoms with Crippen molar-refractivity contribution in [3.63, 3.8) is 0 Å². The lowest BCUT2D eigenvalue weighted by molar-refractivity contribution is 0.0730. The number of nitrogens with zero attached hydrogens (tertiary/aromatic N) is 1. The van der Waals surface area contributed by atoms with Crippen molar-refractivity contribution in [2.75, 3.05) is 11.9 Å². The zero-order valence-electron chi connectivity index (χ0n) is 11.2. The monoisotopic (exact) mass is 343 g/mol. The van der Waals surface area contributed by atoms with Crippen LogP contribution in [0.1, 0.15) is 41.6 Å². The molecule has 0 saturated carbocycles. The molecule has 1 heterocycles. The number of aryl methyl sites for hydroxylation is 1. The molecule has 0 bridgehead atoms. The molecule has 0 radical (unpaired) electrons. The van der Waals surface area contributed by atoms with Crippen LogP contribution in [-0.4, -0.2) is 28.7 Å². The van der Waals surface area contributed by atoms with Crippen molar-refractivity contribution >= 4 is 33.4 Å². The average Bonchev–Trinajstić information content (AvgIpc) is 2.82. The SMILES string of the molecule is Cc1cc(Cl)cc(C(=O)N2CCCC2CCCBr)c1. The summed E-state index contributed by atoms with van der Waals surface area (Å²) in [5.74, 6) is 0.127. The molecule has 1 atom stereocenters. The summed E-state index contributed by atoms with van der Waals surface area (Å²) in [4.78, 5) is 14.6. The minimum absolute atomic E-state index is 0.127. The predicted octanol–water partition coefficient (Wildman–Crippen LogP) is 4.43. The van der Waals surface area contributed by atoms with E-state index in [1.807, 2.05) is 24.0 Å². The second-order valence-electron chi connectivity index (χ2n) is 5.14. The molecule has 4 heteroatoms. The fraction of sp³-hybridized carbons (Fsp3) is 0.533. The van der Waals surface area contributed by atoms with Crippen LogP contribution in [0.2, 0.25) is 5.02 Å². The molecule has 1 aliphatic rings. The van der Waals surface area contributed by atoms with Gasteiger partial charge >= 0.3 is 0 Å².